The lowest BCUT2D eigenvalue weighted by Gasteiger charge is -2.23. The van der Waals surface area contributed by atoms with Crippen LogP contribution in [0.25, 0.3) is 0 Å². The van der Waals surface area contributed by atoms with Gasteiger partial charge in [0.05, 0.1) is 23.0 Å². The summed E-state index contributed by atoms with van der Waals surface area (Å²) in [7, 11) is 1.96. The van der Waals surface area contributed by atoms with Crippen LogP contribution in [-0.4, -0.2) is 16.8 Å². The molecule has 0 spiro atoms. The fourth-order valence-corrected chi connectivity index (χ4v) is 2.09. The van der Waals surface area contributed by atoms with E-state index in [9.17, 15) is 0 Å². The molecule has 1 unspecified atom stereocenters. The average molecular weight is 230 g/mol. The summed E-state index contributed by atoms with van der Waals surface area (Å²) in [5.41, 5.74) is 1.09. The number of hydrogen-bond acceptors (Lipinski definition) is 2. The van der Waals surface area contributed by atoms with Gasteiger partial charge in [-0.1, -0.05) is 25.4 Å². The molecule has 1 aromatic heterocycles. The fourth-order valence-electron chi connectivity index (χ4n) is 1.84. The summed E-state index contributed by atoms with van der Waals surface area (Å²) < 4.78 is 1.99. The molecule has 0 fully saturated rings. The van der Waals surface area contributed by atoms with Crippen molar-refractivity contribution >= 4 is 11.6 Å². The van der Waals surface area contributed by atoms with Gasteiger partial charge >= 0.3 is 0 Å². The molecule has 1 atom stereocenters. The van der Waals surface area contributed by atoms with Gasteiger partial charge in [0.15, 0.2) is 0 Å². The molecule has 0 aromatic carbocycles. The van der Waals surface area contributed by atoms with E-state index in [2.05, 4.69) is 38.1 Å². The Labute approximate surface area is 96.8 Å². The van der Waals surface area contributed by atoms with Crippen molar-refractivity contribution in [2.24, 2.45) is 5.92 Å². The summed E-state index contributed by atoms with van der Waals surface area (Å²) in [5, 5.41) is 8.35. The quantitative estimate of drug-likeness (QED) is 0.860. The summed E-state index contributed by atoms with van der Waals surface area (Å²) >= 11 is 6.18. The van der Waals surface area contributed by atoms with E-state index in [0.717, 1.165) is 10.7 Å². The first-order valence-corrected chi connectivity index (χ1v) is 5.77. The third-order valence-corrected chi connectivity index (χ3v) is 2.84. The molecule has 0 amide bonds. The van der Waals surface area contributed by atoms with Crippen LogP contribution in [0, 0.1) is 5.92 Å². The van der Waals surface area contributed by atoms with Crippen molar-refractivity contribution in [2.45, 2.75) is 39.8 Å². The molecule has 1 aromatic rings. The maximum Gasteiger partial charge on any atom is 0.0834 e. The van der Waals surface area contributed by atoms with Crippen LogP contribution in [0.3, 0.4) is 0 Å². The summed E-state index contributed by atoms with van der Waals surface area (Å²) in [6.45, 7) is 8.57. The van der Waals surface area contributed by atoms with Crippen LogP contribution in [0.1, 0.15) is 45.5 Å². The van der Waals surface area contributed by atoms with Crippen molar-refractivity contribution in [1.29, 1.82) is 0 Å². The lowest BCUT2D eigenvalue weighted by molar-refractivity contribution is 0.391. The van der Waals surface area contributed by atoms with Gasteiger partial charge in [-0.15, -0.1) is 0 Å². The fraction of sp³-hybridized carbons (Fsp3) is 0.727. The Kier molecular flexibility index (Phi) is 4.17. The van der Waals surface area contributed by atoms with E-state index in [1.807, 2.05) is 11.7 Å². The highest BCUT2D eigenvalue weighted by atomic mass is 35.5. The van der Waals surface area contributed by atoms with Crippen LogP contribution < -0.4 is 5.32 Å². The Hall–Kier alpha value is -0.540. The van der Waals surface area contributed by atoms with Crippen LogP contribution in [-0.2, 0) is 0 Å². The number of halogens is 1. The van der Waals surface area contributed by atoms with Gasteiger partial charge in [0.25, 0.3) is 0 Å². The minimum Gasteiger partial charge on any atom is -0.311 e. The third-order valence-electron chi connectivity index (χ3n) is 2.55. The summed E-state index contributed by atoms with van der Waals surface area (Å²) in [6, 6.07) is 0.587. The third kappa shape index (κ3) is 2.52. The monoisotopic (exact) mass is 229 g/mol. The zero-order valence-electron chi connectivity index (χ0n) is 10.1. The van der Waals surface area contributed by atoms with Gasteiger partial charge in [-0.2, -0.15) is 5.10 Å². The summed E-state index contributed by atoms with van der Waals surface area (Å²) in [4.78, 5) is 0. The first-order chi connectivity index (χ1) is 6.99. The van der Waals surface area contributed by atoms with Crippen LogP contribution in [0.4, 0.5) is 0 Å². The molecule has 1 N–H and O–H groups in total. The number of nitrogens with zero attached hydrogens (tertiary/aromatic N) is 2. The predicted octanol–water partition coefficient (Wildman–Crippen LogP) is 3.03. The molecule has 0 aliphatic rings. The first kappa shape index (κ1) is 12.5. The normalized spacial score (nSPS) is 13.9. The van der Waals surface area contributed by atoms with Gasteiger partial charge in [-0.3, -0.25) is 4.68 Å². The maximum absolute atomic E-state index is 6.18. The molecule has 86 valence electrons. The van der Waals surface area contributed by atoms with Crippen molar-refractivity contribution in [3.05, 3.63) is 16.9 Å². The van der Waals surface area contributed by atoms with Gasteiger partial charge in [-0.05, 0) is 26.8 Å². The largest absolute Gasteiger partial charge is 0.311 e. The van der Waals surface area contributed by atoms with E-state index in [4.69, 9.17) is 11.6 Å². The average Bonchev–Trinajstić information content (AvgIpc) is 2.49. The standard InChI is InChI=1S/C11H20ClN3/c1-7(2)10(13-5)11-9(12)6-14-15(11)8(3)4/h6-8,10,13H,1-5H3. The van der Waals surface area contributed by atoms with Crippen LogP contribution in [0.15, 0.2) is 6.20 Å². The van der Waals surface area contributed by atoms with E-state index in [0.29, 0.717) is 12.0 Å². The second kappa shape index (κ2) is 4.99. The van der Waals surface area contributed by atoms with Gasteiger partial charge in [0, 0.05) is 6.04 Å². The zero-order chi connectivity index (χ0) is 11.6. The summed E-state index contributed by atoms with van der Waals surface area (Å²) in [5.74, 6) is 0.488. The van der Waals surface area contributed by atoms with Crippen molar-refractivity contribution in [3.63, 3.8) is 0 Å². The summed E-state index contributed by atoms with van der Waals surface area (Å²) in [6.07, 6.45) is 1.73. The van der Waals surface area contributed by atoms with E-state index < -0.39 is 0 Å². The number of aromatic nitrogens is 2. The van der Waals surface area contributed by atoms with Crippen molar-refractivity contribution in [1.82, 2.24) is 15.1 Å². The Morgan fingerprint density at radius 2 is 1.93 bits per heavy atom. The Bertz CT molecular complexity index is 318. The molecule has 0 saturated carbocycles. The van der Waals surface area contributed by atoms with Crippen LogP contribution in [0.2, 0.25) is 5.02 Å². The minimum absolute atomic E-state index is 0.252. The smallest absolute Gasteiger partial charge is 0.0834 e. The Morgan fingerprint density at radius 1 is 1.33 bits per heavy atom. The number of hydrogen-bond donors (Lipinski definition) is 1. The first-order valence-electron chi connectivity index (χ1n) is 5.39. The van der Waals surface area contributed by atoms with Gasteiger partial charge in [-0.25, -0.2) is 0 Å². The zero-order valence-corrected chi connectivity index (χ0v) is 10.8. The number of nitrogens with one attached hydrogen (secondary N) is 1. The van der Waals surface area contributed by atoms with E-state index >= 15 is 0 Å². The molecule has 0 aliphatic carbocycles. The van der Waals surface area contributed by atoms with Gasteiger partial charge in [0.1, 0.15) is 0 Å². The van der Waals surface area contributed by atoms with Gasteiger partial charge in [0.2, 0.25) is 0 Å². The SMILES string of the molecule is CNC(c1c(Cl)cnn1C(C)C)C(C)C. The lowest BCUT2D eigenvalue weighted by Crippen LogP contribution is -2.25. The molecule has 0 saturated heterocycles. The van der Waals surface area contributed by atoms with E-state index in [1.54, 1.807) is 6.20 Å². The molecule has 15 heavy (non-hydrogen) atoms. The highest BCUT2D eigenvalue weighted by Crippen LogP contribution is 2.29. The Balaban J connectivity index is 3.14. The molecule has 3 nitrogen and oxygen atoms in total. The van der Waals surface area contributed by atoms with E-state index in [-0.39, 0.29) is 6.04 Å². The topological polar surface area (TPSA) is 29.9 Å². The molecule has 0 radical (unpaired) electrons. The predicted molar refractivity (Wildman–Crippen MR) is 64.3 cm³/mol. The molecule has 0 aliphatic heterocycles. The van der Waals surface area contributed by atoms with Crippen molar-refractivity contribution < 1.29 is 0 Å². The highest BCUT2D eigenvalue weighted by Gasteiger charge is 2.22. The molecule has 1 heterocycles. The maximum atomic E-state index is 6.18. The molecule has 0 bridgehead atoms. The molecule has 1 rings (SSSR count). The van der Waals surface area contributed by atoms with Crippen molar-refractivity contribution in [3.8, 4) is 0 Å². The molecular weight excluding hydrogens is 210 g/mol. The van der Waals surface area contributed by atoms with Crippen molar-refractivity contribution in [2.75, 3.05) is 7.05 Å². The van der Waals surface area contributed by atoms with Crippen LogP contribution in [0.5, 0.6) is 0 Å². The minimum atomic E-state index is 0.252. The Morgan fingerprint density at radius 3 is 2.33 bits per heavy atom. The molecular formula is C11H20ClN3. The second-order valence-corrected chi connectivity index (χ2v) is 4.83. The van der Waals surface area contributed by atoms with Crippen LogP contribution >= 0.6 is 11.6 Å². The molecule has 4 heteroatoms. The lowest BCUT2D eigenvalue weighted by atomic mass is 10.0. The number of rotatable bonds is 4. The van der Waals surface area contributed by atoms with E-state index in [1.165, 1.54) is 0 Å². The second-order valence-electron chi connectivity index (χ2n) is 4.43. The van der Waals surface area contributed by atoms with Gasteiger partial charge < -0.3 is 5.32 Å². The highest BCUT2D eigenvalue weighted by molar-refractivity contribution is 6.31.